The first-order valence-electron chi connectivity index (χ1n) is 7.83. The Labute approximate surface area is 159 Å². The average Bonchev–Trinajstić information content (AvgIpc) is 3.08. The van der Waals surface area contributed by atoms with Crippen molar-refractivity contribution in [3.05, 3.63) is 35.2 Å². The normalized spacial score (nSPS) is 19.0. The third-order valence-corrected chi connectivity index (χ3v) is 3.88. The average molecular weight is 422 g/mol. The summed E-state index contributed by atoms with van der Waals surface area (Å²) in [6.45, 7) is 8.01. The van der Waals surface area contributed by atoms with Crippen LogP contribution in [0.15, 0.2) is 23.3 Å². The Balaban J connectivity index is 2.35. The topological polar surface area (TPSA) is 84.2 Å². The number of carbonyl (C=O) groups is 2. The molecule has 13 heteroatoms. The van der Waals surface area contributed by atoms with Crippen molar-refractivity contribution in [3.63, 3.8) is 0 Å². The van der Waals surface area contributed by atoms with Gasteiger partial charge in [-0.15, -0.1) is 0 Å². The van der Waals surface area contributed by atoms with Crippen LogP contribution in [0.3, 0.4) is 0 Å². The van der Waals surface area contributed by atoms with Crippen LogP contribution < -0.4 is 10.7 Å². The van der Waals surface area contributed by atoms with Crippen LogP contribution in [0.25, 0.3) is 4.85 Å². The van der Waals surface area contributed by atoms with E-state index in [-0.39, 0.29) is 6.61 Å². The molecule has 0 saturated carbocycles. The molecule has 0 radical (unpaired) electrons. The molecular weight excluding hydrogens is 410 g/mol. The minimum Gasteiger partial charge on any atom is -0.461 e. The molecule has 156 valence electrons. The Bertz CT molecular complexity index is 903. The number of carbonyl (C=O) groups excluding carboxylic acids is 2. The molecule has 0 saturated heterocycles. The highest BCUT2D eigenvalue weighted by molar-refractivity contribution is 6.38. The van der Waals surface area contributed by atoms with E-state index in [1.54, 1.807) is 10.7 Å². The molecule has 1 aliphatic heterocycles. The molecule has 0 spiro atoms. The second kappa shape index (κ2) is 7.61. The molecule has 29 heavy (non-hydrogen) atoms. The highest BCUT2D eigenvalue weighted by atomic mass is 19.4. The zero-order valence-corrected chi connectivity index (χ0v) is 14.5. The number of nitrogens with one attached hydrogen (secondary N) is 2. The quantitative estimate of drug-likeness (QED) is 0.443. The summed E-state index contributed by atoms with van der Waals surface area (Å²) < 4.78 is 84.4. The first-order valence-corrected chi connectivity index (χ1v) is 7.83. The molecule has 0 aliphatic carbocycles. The minimum absolute atomic E-state index is 0.142. The van der Waals surface area contributed by atoms with Crippen molar-refractivity contribution in [1.29, 1.82) is 0 Å². The van der Waals surface area contributed by atoms with Crippen molar-refractivity contribution in [2.75, 3.05) is 11.9 Å². The molecule has 2 N–H and O–H groups in total. The first-order chi connectivity index (χ1) is 13.4. The van der Waals surface area contributed by atoms with Crippen molar-refractivity contribution in [1.82, 2.24) is 5.43 Å². The molecule has 0 bridgehead atoms. The summed E-state index contributed by atoms with van der Waals surface area (Å²) in [5.41, 5.74) is -5.34. The van der Waals surface area contributed by atoms with Crippen molar-refractivity contribution < 1.29 is 40.7 Å². The van der Waals surface area contributed by atoms with E-state index in [4.69, 9.17) is 6.57 Å². The van der Waals surface area contributed by atoms with Gasteiger partial charge in [-0.25, -0.2) is 9.64 Å². The third-order valence-electron chi connectivity index (χ3n) is 3.88. The standard InChI is InChI=1S/C16H12F6N4O3/c1-3-29-12(27)11-7-14(26-25-11,16(20,21)22)13(28)24-8-4-5-10(23-2)9(6-8)15(17,18)19/h4-6,26H,3,7H2,1H3,(H,24,28). The predicted molar refractivity (Wildman–Crippen MR) is 86.9 cm³/mol. The number of esters is 1. The van der Waals surface area contributed by atoms with Gasteiger partial charge in [0.05, 0.1) is 18.7 Å². The number of ether oxygens (including phenoxy) is 1. The van der Waals surface area contributed by atoms with E-state index in [1.165, 1.54) is 6.92 Å². The third kappa shape index (κ3) is 4.25. The molecule has 1 heterocycles. The molecule has 1 amide bonds. The molecule has 2 rings (SSSR count). The van der Waals surface area contributed by atoms with Crippen LogP contribution in [-0.2, 0) is 20.5 Å². The van der Waals surface area contributed by atoms with Gasteiger partial charge in [0.25, 0.3) is 5.91 Å². The number of halogens is 6. The highest BCUT2D eigenvalue weighted by Crippen LogP contribution is 2.40. The molecule has 1 aromatic rings. The van der Waals surface area contributed by atoms with Crippen molar-refractivity contribution in [3.8, 4) is 0 Å². The maximum atomic E-state index is 13.6. The number of amides is 1. The zero-order chi connectivity index (χ0) is 22.0. The van der Waals surface area contributed by atoms with E-state index in [2.05, 4.69) is 14.7 Å². The Hall–Kier alpha value is -3.30. The fraction of sp³-hybridized carbons (Fsp3) is 0.375. The van der Waals surface area contributed by atoms with E-state index in [0.717, 1.165) is 6.07 Å². The van der Waals surface area contributed by atoms with Crippen LogP contribution in [0.4, 0.5) is 37.7 Å². The lowest BCUT2D eigenvalue weighted by atomic mass is 9.92. The molecule has 1 aromatic carbocycles. The minimum atomic E-state index is -5.25. The predicted octanol–water partition coefficient (Wildman–Crippen LogP) is 3.41. The molecule has 1 unspecified atom stereocenters. The van der Waals surface area contributed by atoms with Gasteiger partial charge in [0.2, 0.25) is 5.54 Å². The van der Waals surface area contributed by atoms with Crippen LogP contribution in [0.1, 0.15) is 18.9 Å². The second-order valence-electron chi connectivity index (χ2n) is 5.77. The number of hydrogen-bond donors (Lipinski definition) is 2. The molecule has 1 atom stereocenters. The molecule has 1 aliphatic rings. The summed E-state index contributed by atoms with van der Waals surface area (Å²) in [6, 6.07) is 1.92. The Morgan fingerprint density at radius 1 is 1.31 bits per heavy atom. The van der Waals surface area contributed by atoms with E-state index in [0.29, 0.717) is 12.1 Å². The molecular formula is C16H12F6N4O3. The molecule has 0 fully saturated rings. The largest absolute Gasteiger partial charge is 0.461 e. The summed E-state index contributed by atoms with van der Waals surface area (Å²) >= 11 is 0. The fourth-order valence-corrected chi connectivity index (χ4v) is 2.42. The van der Waals surface area contributed by atoms with Gasteiger partial charge in [0.1, 0.15) is 5.71 Å². The lowest BCUT2D eigenvalue weighted by molar-refractivity contribution is -0.193. The van der Waals surface area contributed by atoms with E-state index < -0.39 is 58.8 Å². The van der Waals surface area contributed by atoms with Crippen LogP contribution in [-0.4, -0.2) is 35.9 Å². The SMILES string of the molecule is [C-]#[N+]c1ccc(NC(=O)C2(C(F)(F)F)CC(C(=O)OCC)=NN2)cc1C(F)(F)F. The van der Waals surface area contributed by atoms with Gasteiger partial charge in [-0.2, -0.15) is 31.4 Å². The van der Waals surface area contributed by atoms with Crippen molar-refractivity contribution in [2.24, 2.45) is 5.10 Å². The fourth-order valence-electron chi connectivity index (χ4n) is 2.42. The number of hydrazone groups is 1. The number of anilines is 1. The smallest absolute Gasteiger partial charge is 0.422 e. The van der Waals surface area contributed by atoms with Gasteiger partial charge in [0, 0.05) is 12.1 Å². The number of benzene rings is 1. The van der Waals surface area contributed by atoms with Gasteiger partial charge in [-0.3, -0.25) is 10.2 Å². The van der Waals surface area contributed by atoms with Crippen LogP contribution in [0.5, 0.6) is 0 Å². The van der Waals surface area contributed by atoms with Crippen LogP contribution in [0.2, 0.25) is 0 Å². The Morgan fingerprint density at radius 3 is 2.48 bits per heavy atom. The van der Waals surface area contributed by atoms with Crippen molar-refractivity contribution in [2.45, 2.75) is 31.2 Å². The van der Waals surface area contributed by atoms with Crippen LogP contribution >= 0.6 is 0 Å². The summed E-state index contributed by atoms with van der Waals surface area (Å²) in [5, 5.41) is 4.95. The molecule has 7 nitrogen and oxygen atoms in total. The summed E-state index contributed by atoms with van der Waals surface area (Å²) in [6.07, 6.45) is -11.4. The van der Waals surface area contributed by atoms with Gasteiger partial charge in [0.15, 0.2) is 5.69 Å². The van der Waals surface area contributed by atoms with Gasteiger partial charge in [-0.1, -0.05) is 6.07 Å². The van der Waals surface area contributed by atoms with Gasteiger partial charge in [-0.05, 0) is 19.1 Å². The lowest BCUT2D eigenvalue weighted by Crippen LogP contribution is -2.61. The number of nitrogens with zero attached hydrogens (tertiary/aromatic N) is 2. The van der Waals surface area contributed by atoms with Gasteiger partial charge >= 0.3 is 18.3 Å². The summed E-state index contributed by atoms with van der Waals surface area (Å²) in [4.78, 5) is 26.7. The maximum Gasteiger partial charge on any atom is 0.422 e. The van der Waals surface area contributed by atoms with Gasteiger partial charge < -0.3 is 10.1 Å². The highest BCUT2D eigenvalue weighted by Gasteiger charge is 2.64. The monoisotopic (exact) mass is 422 g/mol. The Morgan fingerprint density at radius 2 is 1.97 bits per heavy atom. The number of rotatable bonds is 4. The first kappa shape index (κ1) is 22.0. The van der Waals surface area contributed by atoms with E-state index in [1.807, 2.05) is 0 Å². The summed E-state index contributed by atoms with van der Waals surface area (Å²) in [7, 11) is 0. The summed E-state index contributed by atoms with van der Waals surface area (Å²) in [5.74, 6) is -2.95. The van der Waals surface area contributed by atoms with Crippen molar-refractivity contribution >= 4 is 29.0 Å². The van der Waals surface area contributed by atoms with E-state index in [9.17, 15) is 35.9 Å². The lowest BCUT2D eigenvalue weighted by Gasteiger charge is -2.29. The zero-order valence-electron chi connectivity index (χ0n) is 14.5. The molecule has 0 aromatic heterocycles. The number of hydrogen-bond acceptors (Lipinski definition) is 5. The second-order valence-corrected chi connectivity index (χ2v) is 5.77. The van der Waals surface area contributed by atoms with Crippen LogP contribution in [0, 0.1) is 6.57 Å². The number of alkyl halides is 6. The maximum absolute atomic E-state index is 13.6. The Kier molecular flexibility index (Phi) is 5.77. The van der Waals surface area contributed by atoms with E-state index >= 15 is 0 Å².